The van der Waals surface area contributed by atoms with Crippen molar-refractivity contribution in [1.82, 2.24) is 14.8 Å². The summed E-state index contributed by atoms with van der Waals surface area (Å²) in [5.74, 6) is -4.10. The van der Waals surface area contributed by atoms with Crippen molar-refractivity contribution in [3.05, 3.63) is 47.5 Å². The molecule has 1 aliphatic carbocycles. The van der Waals surface area contributed by atoms with E-state index in [2.05, 4.69) is 10.1 Å². The Bertz CT molecular complexity index is 751. The summed E-state index contributed by atoms with van der Waals surface area (Å²) in [7, 11) is 0. The smallest absolute Gasteiger partial charge is 0.249 e. The van der Waals surface area contributed by atoms with Crippen LogP contribution in [0.3, 0.4) is 0 Å². The third-order valence-electron chi connectivity index (χ3n) is 4.53. The molecule has 2 aromatic rings. The van der Waals surface area contributed by atoms with Crippen molar-refractivity contribution < 1.29 is 18.0 Å². The second-order valence-electron chi connectivity index (χ2n) is 6.19. The van der Waals surface area contributed by atoms with E-state index in [0.29, 0.717) is 0 Å². The first-order valence-electron chi connectivity index (χ1n) is 7.52. The van der Waals surface area contributed by atoms with E-state index in [4.69, 9.17) is 0 Å². The van der Waals surface area contributed by atoms with Gasteiger partial charge < -0.3 is 0 Å². The van der Waals surface area contributed by atoms with Gasteiger partial charge in [-0.1, -0.05) is 30.3 Å². The van der Waals surface area contributed by atoms with Crippen molar-refractivity contribution in [3.63, 3.8) is 0 Å². The van der Waals surface area contributed by atoms with Gasteiger partial charge in [0.15, 0.2) is 12.0 Å². The monoisotopic (exact) mass is 321 g/mol. The lowest BCUT2D eigenvalue weighted by Crippen LogP contribution is -2.40. The van der Waals surface area contributed by atoms with Gasteiger partial charge >= 0.3 is 0 Å². The summed E-state index contributed by atoms with van der Waals surface area (Å²) in [6.45, 7) is 0. The van der Waals surface area contributed by atoms with Crippen LogP contribution in [0.1, 0.15) is 53.5 Å². The molecule has 1 aliphatic heterocycles. The molecule has 1 fully saturated rings. The van der Waals surface area contributed by atoms with Gasteiger partial charge in [0.05, 0.1) is 6.04 Å². The summed E-state index contributed by atoms with van der Waals surface area (Å²) in [6.07, 6.45) is -2.04. The molecule has 1 saturated carbocycles. The van der Waals surface area contributed by atoms with Crippen LogP contribution in [0.2, 0.25) is 0 Å². The van der Waals surface area contributed by atoms with Gasteiger partial charge in [0.2, 0.25) is 17.5 Å². The van der Waals surface area contributed by atoms with Gasteiger partial charge in [0.25, 0.3) is 0 Å². The summed E-state index contributed by atoms with van der Waals surface area (Å²) in [6, 6.07) is 8.96. The molecule has 23 heavy (non-hydrogen) atoms. The lowest BCUT2D eigenvalue weighted by Gasteiger charge is -2.32. The second kappa shape index (κ2) is 4.91. The first-order valence-corrected chi connectivity index (χ1v) is 7.52. The highest BCUT2D eigenvalue weighted by Gasteiger charge is 2.50. The van der Waals surface area contributed by atoms with Crippen LogP contribution in [0.5, 0.6) is 0 Å². The van der Waals surface area contributed by atoms with Crippen LogP contribution in [0.4, 0.5) is 13.2 Å². The van der Waals surface area contributed by atoms with Crippen molar-refractivity contribution in [2.75, 3.05) is 0 Å². The molecule has 0 amide bonds. The van der Waals surface area contributed by atoms with Crippen molar-refractivity contribution >= 4 is 5.78 Å². The molecular weight excluding hydrogens is 307 g/mol. The number of carbonyl (C=O) groups excluding carboxylic acids is 1. The fourth-order valence-electron chi connectivity index (χ4n) is 3.27. The van der Waals surface area contributed by atoms with Crippen LogP contribution < -0.4 is 0 Å². The third-order valence-corrected chi connectivity index (χ3v) is 4.53. The minimum atomic E-state index is -2.78. The van der Waals surface area contributed by atoms with E-state index in [9.17, 15) is 18.0 Å². The predicted molar refractivity (Wildman–Crippen MR) is 75.1 cm³/mol. The lowest BCUT2D eigenvalue weighted by molar-refractivity contribution is -0.0984. The molecule has 0 unspecified atom stereocenters. The molecule has 2 heterocycles. The van der Waals surface area contributed by atoms with Crippen LogP contribution in [-0.2, 0) is 0 Å². The molecule has 0 spiro atoms. The third kappa shape index (κ3) is 2.34. The van der Waals surface area contributed by atoms with Crippen molar-refractivity contribution in [1.29, 1.82) is 0 Å². The number of alkyl halides is 3. The molecular formula is C16H14F3N3O. The maximum Gasteiger partial charge on any atom is 0.249 e. The first kappa shape index (κ1) is 14.4. The van der Waals surface area contributed by atoms with E-state index in [1.165, 1.54) is 4.68 Å². The Kier molecular flexibility index (Phi) is 3.08. The van der Waals surface area contributed by atoms with Crippen LogP contribution in [0, 0.1) is 5.92 Å². The van der Waals surface area contributed by atoms with E-state index in [-0.39, 0.29) is 24.1 Å². The molecule has 0 saturated heterocycles. The maximum absolute atomic E-state index is 14.2. The van der Waals surface area contributed by atoms with E-state index < -0.39 is 36.6 Å². The zero-order valence-electron chi connectivity index (χ0n) is 12.1. The Morgan fingerprint density at radius 3 is 2.57 bits per heavy atom. The number of halogens is 3. The van der Waals surface area contributed by atoms with Crippen molar-refractivity contribution in [2.45, 2.75) is 37.4 Å². The zero-order valence-corrected chi connectivity index (χ0v) is 12.1. The topological polar surface area (TPSA) is 47.8 Å². The highest BCUT2D eigenvalue weighted by atomic mass is 19.3. The molecule has 4 rings (SSSR count). The Morgan fingerprint density at radius 2 is 1.91 bits per heavy atom. The highest BCUT2D eigenvalue weighted by molar-refractivity contribution is 5.95. The van der Waals surface area contributed by atoms with E-state index >= 15 is 0 Å². The minimum absolute atomic E-state index is 0.105. The second-order valence-corrected chi connectivity index (χ2v) is 6.19. The molecule has 120 valence electrons. The van der Waals surface area contributed by atoms with Crippen LogP contribution in [0.15, 0.2) is 30.3 Å². The molecule has 4 nitrogen and oxygen atoms in total. The SMILES string of the molecule is O=C(c1nc2n(n1)[C@H](c1ccccc1)C[C@@H]2F)C1CC(F)(F)C1. The standard InChI is InChI=1S/C16H14F3N3O/c17-11-6-12(9-4-2-1-3-5-9)22-15(11)20-14(21-22)13(23)10-7-16(18,19)8-10/h1-5,10-12H,6-8H2/t11-,12-/m0/s1. The Morgan fingerprint density at radius 1 is 1.22 bits per heavy atom. The number of hydrogen-bond donors (Lipinski definition) is 0. The van der Waals surface area contributed by atoms with Gasteiger partial charge in [-0.3, -0.25) is 4.79 Å². The molecule has 1 aromatic carbocycles. The summed E-state index contributed by atoms with van der Waals surface area (Å²) in [5, 5.41) is 4.12. The molecule has 0 radical (unpaired) electrons. The quantitative estimate of drug-likeness (QED) is 0.813. The van der Waals surface area contributed by atoms with Crippen LogP contribution in [-0.4, -0.2) is 26.5 Å². The van der Waals surface area contributed by atoms with Crippen molar-refractivity contribution in [3.8, 4) is 0 Å². The van der Waals surface area contributed by atoms with Crippen LogP contribution in [0.25, 0.3) is 0 Å². The molecule has 0 N–H and O–H groups in total. The summed E-state index contributed by atoms with van der Waals surface area (Å²) >= 11 is 0. The largest absolute Gasteiger partial charge is 0.290 e. The summed E-state index contributed by atoms with van der Waals surface area (Å²) < 4.78 is 41.4. The molecule has 1 aromatic heterocycles. The highest BCUT2D eigenvalue weighted by Crippen LogP contribution is 2.44. The number of ketones is 1. The predicted octanol–water partition coefficient (Wildman–Crippen LogP) is 3.51. The number of benzene rings is 1. The van der Waals surface area contributed by atoms with Gasteiger partial charge in [-0.25, -0.2) is 22.8 Å². The van der Waals surface area contributed by atoms with E-state index in [1.807, 2.05) is 30.3 Å². The average molecular weight is 321 g/mol. The van der Waals surface area contributed by atoms with Gasteiger partial charge in [-0.15, -0.1) is 5.10 Å². The van der Waals surface area contributed by atoms with Crippen LogP contribution >= 0.6 is 0 Å². The number of carbonyl (C=O) groups is 1. The molecule has 0 bridgehead atoms. The maximum atomic E-state index is 14.2. The molecule has 2 aliphatic rings. The fraction of sp³-hybridized carbons (Fsp3) is 0.438. The fourth-order valence-corrected chi connectivity index (χ4v) is 3.27. The zero-order chi connectivity index (χ0) is 16.2. The van der Waals surface area contributed by atoms with Gasteiger partial charge in [0, 0.05) is 25.2 Å². The van der Waals surface area contributed by atoms with E-state index in [0.717, 1.165) is 5.56 Å². The van der Waals surface area contributed by atoms with E-state index in [1.54, 1.807) is 0 Å². The van der Waals surface area contributed by atoms with Gasteiger partial charge in [-0.05, 0) is 5.56 Å². The van der Waals surface area contributed by atoms with Gasteiger partial charge in [-0.2, -0.15) is 0 Å². The van der Waals surface area contributed by atoms with Crippen molar-refractivity contribution in [2.24, 2.45) is 5.92 Å². The Hall–Kier alpha value is -2.18. The Balaban J connectivity index is 1.62. The molecule has 2 atom stereocenters. The Labute approximate surface area is 130 Å². The number of fused-ring (bicyclic) bond motifs is 1. The summed E-state index contributed by atoms with van der Waals surface area (Å²) in [4.78, 5) is 16.2. The minimum Gasteiger partial charge on any atom is -0.290 e. The normalized spacial score (nSPS) is 25.9. The lowest BCUT2D eigenvalue weighted by atomic mass is 9.78. The number of rotatable bonds is 3. The molecule has 7 heteroatoms. The summed E-state index contributed by atoms with van der Waals surface area (Å²) in [5.41, 5.74) is 0.882. The number of nitrogens with zero attached hydrogens (tertiary/aromatic N) is 3. The average Bonchev–Trinajstić information content (AvgIpc) is 3.06. The number of Topliss-reactive ketones (excluding diaryl/α,β-unsaturated/α-hetero) is 1. The number of hydrogen-bond acceptors (Lipinski definition) is 3. The number of aromatic nitrogens is 3. The van der Waals surface area contributed by atoms with Gasteiger partial charge in [0.1, 0.15) is 0 Å². The first-order chi connectivity index (χ1) is 10.9.